The van der Waals surface area contributed by atoms with Gasteiger partial charge in [0.1, 0.15) is 5.69 Å². The maximum absolute atomic E-state index is 12.4. The molecule has 0 aliphatic carbocycles. The van der Waals surface area contributed by atoms with Crippen LogP contribution in [0.2, 0.25) is 0 Å². The van der Waals surface area contributed by atoms with E-state index in [0.717, 1.165) is 5.39 Å². The van der Waals surface area contributed by atoms with E-state index in [2.05, 4.69) is 21.3 Å². The van der Waals surface area contributed by atoms with Gasteiger partial charge in [0.15, 0.2) is 0 Å². The number of fused-ring (bicyclic) bond motifs is 1. The molecule has 0 aliphatic heterocycles. The summed E-state index contributed by atoms with van der Waals surface area (Å²) >= 11 is 1.66. The van der Waals surface area contributed by atoms with Crippen LogP contribution in [0, 0.1) is 0 Å². The maximum atomic E-state index is 12.4. The van der Waals surface area contributed by atoms with E-state index in [1.807, 2.05) is 37.7 Å². The lowest BCUT2D eigenvalue weighted by atomic mass is 10.1. The lowest BCUT2D eigenvalue weighted by molar-refractivity contribution is 0.0937. The Balaban J connectivity index is 1.79. The molecule has 2 aromatic heterocycles. The molecule has 1 atom stereocenters. The van der Waals surface area contributed by atoms with Crippen LogP contribution < -0.4 is 10.9 Å². The summed E-state index contributed by atoms with van der Waals surface area (Å²) in [5.41, 5.74) is 0.0306. The molecular formula is C18H19N3O2S. The van der Waals surface area contributed by atoms with Crippen molar-refractivity contribution < 1.29 is 4.79 Å². The molecule has 0 fully saturated rings. The molecule has 1 amide bonds. The highest BCUT2D eigenvalue weighted by Gasteiger charge is 2.17. The predicted octanol–water partition coefficient (Wildman–Crippen LogP) is 2.62. The second kappa shape index (κ2) is 6.98. The van der Waals surface area contributed by atoms with Gasteiger partial charge >= 0.3 is 0 Å². The number of amides is 1. The Morgan fingerprint density at radius 1 is 1.25 bits per heavy atom. The number of aromatic amines is 1. The van der Waals surface area contributed by atoms with Crippen LogP contribution in [-0.2, 0) is 0 Å². The molecule has 3 rings (SSSR count). The number of thiophene rings is 1. The SMILES string of the molecule is CN(C)[C@@H](CNC(=O)c1cc2ccccc2c(=O)[nH]1)c1cccs1. The highest BCUT2D eigenvalue weighted by molar-refractivity contribution is 7.10. The van der Waals surface area contributed by atoms with Gasteiger partial charge in [-0.05, 0) is 43.1 Å². The van der Waals surface area contributed by atoms with E-state index in [0.29, 0.717) is 11.9 Å². The lowest BCUT2D eigenvalue weighted by Crippen LogP contribution is -2.35. The van der Waals surface area contributed by atoms with Crippen molar-refractivity contribution in [2.75, 3.05) is 20.6 Å². The third kappa shape index (κ3) is 3.39. The molecule has 5 nitrogen and oxygen atoms in total. The third-order valence-electron chi connectivity index (χ3n) is 3.95. The van der Waals surface area contributed by atoms with Gasteiger partial charge < -0.3 is 15.2 Å². The zero-order chi connectivity index (χ0) is 17.1. The lowest BCUT2D eigenvalue weighted by Gasteiger charge is -2.23. The number of aromatic nitrogens is 1. The minimum atomic E-state index is -0.277. The van der Waals surface area contributed by atoms with Crippen molar-refractivity contribution in [1.29, 1.82) is 0 Å². The van der Waals surface area contributed by atoms with Gasteiger partial charge in [0, 0.05) is 16.8 Å². The van der Waals surface area contributed by atoms with Crippen molar-refractivity contribution in [2.45, 2.75) is 6.04 Å². The van der Waals surface area contributed by atoms with E-state index in [1.165, 1.54) is 4.88 Å². The molecule has 0 spiro atoms. The maximum Gasteiger partial charge on any atom is 0.267 e. The number of H-pyrrole nitrogens is 1. The fraction of sp³-hybridized carbons (Fsp3) is 0.222. The summed E-state index contributed by atoms with van der Waals surface area (Å²) in [7, 11) is 3.96. The van der Waals surface area contributed by atoms with Crippen LogP contribution in [0.3, 0.4) is 0 Å². The first-order chi connectivity index (χ1) is 11.6. The van der Waals surface area contributed by atoms with Crippen molar-refractivity contribution in [2.24, 2.45) is 0 Å². The second-order valence-corrected chi connectivity index (χ2v) is 6.78. The van der Waals surface area contributed by atoms with Gasteiger partial charge in [0.25, 0.3) is 11.5 Å². The van der Waals surface area contributed by atoms with E-state index in [1.54, 1.807) is 29.5 Å². The molecule has 124 valence electrons. The Kier molecular flexibility index (Phi) is 4.78. The fourth-order valence-electron chi connectivity index (χ4n) is 2.64. The summed E-state index contributed by atoms with van der Waals surface area (Å²) in [5, 5.41) is 6.28. The van der Waals surface area contributed by atoms with Crippen molar-refractivity contribution >= 4 is 28.0 Å². The molecule has 24 heavy (non-hydrogen) atoms. The zero-order valence-corrected chi connectivity index (χ0v) is 14.4. The van der Waals surface area contributed by atoms with Gasteiger partial charge in [0.05, 0.1) is 6.04 Å². The number of nitrogens with one attached hydrogen (secondary N) is 2. The summed E-state index contributed by atoms with van der Waals surface area (Å²) < 4.78 is 0. The normalized spacial score (nSPS) is 12.5. The highest BCUT2D eigenvalue weighted by atomic mass is 32.1. The van der Waals surface area contributed by atoms with Crippen molar-refractivity contribution in [3.63, 3.8) is 0 Å². The molecule has 0 unspecified atom stereocenters. The number of carbonyl (C=O) groups excluding carboxylic acids is 1. The summed E-state index contributed by atoms with van der Waals surface area (Å²) in [6.45, 7) is 0.473. The molecule has 3 aromatic rings. The smallest absolute Gasteiger partial charge is 0.267 e. The number of hydrogen-bond acceptors (Lipinski definition) is 4. The van der Waals surface area contributed by atoms with Crippen LogP contribution in [0.4, 0.5) is 0 Å². The van der Waals surface area contributed by atoms with E-state index in [4.69, 9.17) is 0 Å². The second-order valence-electron chi connectivity index (χ2n) is 5.80. The number of benzene rings is 1. The van der Waals surface area contributed by atoms with Gasteiger partial charge in [-0.15, -0.1) is 11.3 Å². The number of hydrogen-bond donors (Lipinski definition) is 2. The first-order valence-electron chi connectivity index (χ1n) is 7.66. The average Bonchev–Trinajstić information content (AvgIpc) is 3.08. The Labute approximate surface area is 143 Å². The molecule has 6 heteroatoms. The molecule has 0 saturated heterocycles. The molecular weight excluding hydrogens is 322 g/mol. The molecule has 1 aromatic carbocycles. The van der Waals surface area contributed by atoms with Crippen LogP contribution in [-0.4, -0.2) is 36.4 Å². The van der Waals surface area contributed by atoms with Crippen molar-refractivity contribution in [3.8, 4) is 0 Å². The van der Waals surface area contributed by atoms with Crippen molar-refractivity contribution in [3.05, 3.63) is 68.8 Å². The van der Waals surface area contributed by atoms with Crippen LogP contribution >= 0.6 is 11.3 Å². The highest BCUT2D eigenvalue weighted by Crippen LogP contribution is 2.22. The number of pyridine rings is 1. The van der Waals surface area contributed by atoms with Gasteiger partial charge in [-0.3, -0.25) is 9.59 Å². The summed E-state index contributed by atoms with van der Waals surface area (Å²) in [6, 6.07) is 13.1. The van der Waals surface area contributed by atoms with Gasteiger partial charge in [-0.2, -0.15) is 0 Å². The van der Waals surface area contributed by atoms with Crippen LogP contribution in [0.5, 0.6) is 0 Å². The largest absolute Gasteiger partial charge is 0.349 e. The topological polar surface area (TPSA) is 65.2 Å². The minimum absolute atomic E-state index is 0.0983. The standard InChI is InChI=1S/C18H19N3O2S/c1-21(2)15(16-8-5-9-24-16)11-19-18(23)14-10-12-6-3-4-7-13(12)17(22)20-14/h3-10,15H,11H2,1-2H3,(H,19,23)(H,20,22)/t15-/m0/s1. The number of likely N-dealkylation sites (N-methyl/N-ethyl adjacent to an activating group) is 1. The Bertz CT molecular complexity index is 900. The first kappa shape index (κ1) is 16.4. The monoisotopic (exact) mass is 341 g/mol. The zero-order valence-electron chi connectivity index (χ0n) is 13.6. The van der Waals surface area contributed by atoms with Crippen LogP contribution in [0.15, 0.2) is 52.6 Å². The van der Waals surface area contributed by atoms with Gasteiger partial charge in [-0.25, -0.2) is 0 Å². The van der Waals surface area contributed by atoms with Crippen LogP contribution in [0.1, 0.15) is 21.4 Å². The Morgan fingerprint density at radius 3 is 2.75 bits per heavy atom. The van der Waals surface area contributed by atoms with Gasteiger partial charge in [0.2, 0.25) is 0 Å². The van der Waals surface area contributed by atoms with E-state index >= 15 is 0 Å². The quantitative estimate of drug-likeness (QED) is 0.750. The van der Waals surface area contributed by atoms with Crippen LogP contribution in [0.25, 0.3) is 10.8 Å². The molecule has 0 saturated carbocycles. The number of rotatable bonds is 5. The summed E-state index contributed by atoms with van der Waals surface area (Å²) in [4.78, 5) is 30.4. The van der Waals surface area contributed by atoms with Crippen molar-refractivity contribution in [1.82, 2.24) is 15.2 Å². The third-order valence-corrected chi connectivity index (χ3v) is 4.92. The molecule has 0 bridgehead atoms. The van der Waals surface area contributed by atoms with Gasteiger partial charge in [-0.1, -0.05) is 24.3 Å². The molecule has 2 N–H and O–H groups in total. The molecule has 2 heterocycles. The number of carbonyl (C=O) groups is 1. The first-order valence-corrected chi connectivity index (χ1v) is 8.54. The van der Waals surface area contributed by atoms with E-state index in [9.17, 15) is 9.59 Å². The molecule has 0 radical (unpaired) electrons. The fourth-order valence-corrected chi connectivity index (χ4v) is 3.56. The minimum Gasteiger partial charge on any atom is -0.349 e. The summed E-state index contributed by atoms with van der Waals surface area (Å²) in [5.74, 6) is -0.277. The Morgan fingerprint density at radius 2 is 2.04 bits per heavy atom. The van der Waals surface area contributed by atoms with E-state index < -0.39 is 0 Å². The number of nitrogens with zero attached hydrogens (tertiary/aromatic N) is 1. The van der Waals surface area contributed by atoms with E-state index in [-0.39, 0.29) is 23.2 Å². The molecule has 0 aliphatic rings. The predicted molar refractivity (Wildman–Crippen MR) is 97.6 cm³/mol. The average molecular weight is 341 g/mol. The summed E-state index contributed by atoms with van der Waals surface area (Å²) in [6.07, 6.45) is 0. The Hall–Kier alpha value is -2.44.